The van der Waals surface area contributed by atoms with Crippen molar-refractivity contribution >= 4 is 17.3 Å². The molecule has 21 heavy (non-hydrogen) atoms. The number of ether oxygens (including phenoxy) is 1. The summed E-state index contributed by atoms with van der Waals surface area (Å²) in [6.07, 6.45) is 4.22. The van der Waals surface area contributed by atoms with Crippen LogP contribution in [-0.4, -0.2) is 28.3 Å². The van der Waals surface area contributed by atoms with Gasteiger partial charge in [0.25, 0.3) is 0 Å². The molecule has 0 amide bonds. The van der Waals surface area contributed by atoms with Gasteiger partial charge in [0.2, 0.25) is 0 Å². The van der Waals surface area contributed by atoms with Crippen LogP contribution in [0, 0.1) is 0 Å². The van der Waals surface area contributed by atoms with Crippen LogP contribution in [0.3, 0.4) is 0 Å². The molecular weight excluding hydrogens is 286 g/mol. The first-order valence-corrected chi connectivity index (χ1v) is 8.03. The zero-order valence-corrected chi connectivity index (χ0v) is 12.2. The molecule has 2 saturated heterocycles. The van der Waals surface area contributed by atoms with E-state index >= 15 is 0 Å². The van der Waals surface area contributed by atoms with Gasteiger partial charge in [0.1, 0.15) is 0 Å². The molecule has 3 atom stereocenters. The number of carboxylic acid groups (broad SMARTS) is 1. The van der Waals surface area contributed by atoms with Crippen molar-refractivity contribution in [2.75, 3.05) is 0 Å². The number of hydrogen-bond donors (Lipinski definition) is 1. The number of benzene rings is 1. The molecule has 1 aromatic heterocycles. The SMILES string of the molecule is O=C(O)c1ccc(-c2csc(C3CC4CCC3O4)n2)cc1. The van der Waals surface area contributed by atoms with E-state index in [-0.39, 0.29) is 0 Å². The van der Waals surface area contributed by atoms with Crippen molar-refractivity contribution in [3.05, 3.63) is 40.2 Å². The van der Waals surface area contributed by atoms with Crippen molar-refractivity contribution in [3.63, 3.8) is 0 Å². The van der Waals surface area contributed by atoms with E-state index in [9.17, 15) is 4.79 Å². The summed E-state index contributed by atoms with van der Waals surface area (Å²) in [7, 11) is 0. The second-order valence-electron chi connectivity index (χ2n) is 5.67. The fraction of sp³-hybridized carbons (Fsp3) is 0.375. The number of nitrogens with zero attached hydrogens (tertiary/aromatic N) is 1. The Morgan fingerprint density at radius 2 is 2.10 bits per heavy atom. The van der Waals surface area contributed by atoms with Crippen molar-refractivity contribution < 1.29 is 14.6 Å². The molecule has 4 nitrogen and oxygen atoms in total. The summed E-state index contributed by atoms with van der Waals surface area (Å²) in [5.41, 5.74) is 2.19. The summed E-state index contributed by atoms with van der Waals surface area (Å²) in [6.45, 7) is 0. The third-order valence-electron chi connectivity index (χ3n) is 4.37. The highest BCUT2D eigenvalue weighted by Crippen LogP contribution is 2.45. The first-order chi connectivity index (χ1) is 10.2. The summed E-state index contributed by atoms with van der Waals surface area (Å²) >= 11 is 1.68. The van der Waals surface area contributed by atoms with Gasteiger partial charge in [-0.3, -0.25) is 0 Å². The van der Waals surface area contributed by atoms with Gasteiger partial charge in [-0.2, -0.15) is 0 Å². The Labute approximate surface area is 126 Å². The maximum atomic E-state index is 10.9. The monoisotopic (exact) mass is 301 g/mol. The molecule has 3 unspecified atom stereocenters. The van der Waals surface area contributed by atoms with Crippen molar-refractivity contribution in [2.45, 2.75) is 37.4 Å². The molecule has 1 aromatic carbocycles. The molecule has 0 saturated carbocycles. The van der Waals surface area contributed by atoms with Gasteiger partial charge >= 0.3 is 5.97 Å². The fourth-order valence-corrected chi connectivity index (χ4v) is 4.27. The van der Waals surface area contributed by atoms with Crippen LogP contribution in [-0.2, 0) is 4.74 Å². The van der Waals surface area contributed by atoms with Gasteiger partial charge in [0, 0.05) is 16.9 Å². The molecule has 2 aliphatic heterocycles. The first-order valence-electron chi connectivity index (χ1n) is 7.15. The predicted octanol–water partition coefficient (Wildman–Crippen LogP) is 3.54. The number of aromatic nitrogens is 1. The standard InChI is InChI=1S/C16H15NO3S/c18-16(19)10-3-1-9(2-4-10)13-8-21-15(17-13)12-7-11-5-6-14(12)20-11/h1-4,8,11-12,14H,5-7H2,(H,18,19). The van der Waals surface area contributed by atoms with Crippen LogP contribution in [0.5, 0.6) is 0 Å². The second-order valence-corrected chi connectivity index (χ2v) is 6.56. The van der Waals surface area contributed by atoms with E-state index in [0.29, 0.717) is 23.7 Å². The molecule has 4 rings (SSSR count). The highest BCUT2D eigenvalue weighted by molar-refractivity contribution is 7.10. The first kappa shape index (κ1) is 13.0. The van der Waals surface area contributed by atoms with Crippen LogP contribution in [0.1, 0.15) is 40.5 Å². The highest BCUT2D eigenvalue weighted by atomic mass is 32.1. The van der Waals surface area contributed by atoms with Gasteiger partial charge in [-0.05, 0) is 31.4 Å². The maximum absolute atomic E-state index is 10.9. The molecule has 3 heterocycles. The number of hydrogen-bond acceptors (Lipinski definition) is 4. The number of carboxylic acids is 1. The molecule has 2 aliphatic rings. The number of rotatable bonds is 3. The lowest BCUT2D eigenvalue weighted by Crippen LogP contribution is -2.13. The molecule has 108 valence electrons. The maximum Gasteiger partial charge on any atom is 0.335 e. The number of aromatic carboxylic acids is 1. The van der Waals surface area contributed by atoms with Crippen LogP contribution >= 0.6 is 11.3 Å². The van der Waals surface area contributed by atoms with Crippen LogP contribution in [0.4, 0.5) is 0 Å². The van der Waals surface area contributed by atoms with E-state index in [1.807, 2.05) is 12.1 Å². The van der Waals surface area contributed by atoms with Gasteiger partial charge in [-0.15, -0.1) is 11.3 Å². The lowest BCUT2D eigenvalue weighted by molar-refractivity contribution is 0.0697. The summed E-state index contributed by atoms with van der Waals surface area (Å²) in [5.74, 6) is -0.458. The normalized spacial score (nSPS) is 27.1. The molecular formula is C16H15NO3S. The zero-order chi connectivity index (χ0) is 14.4. The molecule has 2 aromatic rings. The average molecular weight is 301 g/mol. The zero-order valence-electron chi connectivity index (χ0n) is 11.4. The van der Waals surface area contributed by atoms with Crippen LogP contribution in [0.2, 0.25) is 0 Å². The van der Waals surface area contributed by atoms with Gasteiger partial charge in [-0.25, -0.2) is 9.78 Å². The Kier molecular flexibility index (Phi) is 3.05. The fourth-order valence-electron chi connectivity index (χ4n) is 3.27. The van der Waals surface area contributed by atoms with Crippen molar-refractivity contribution in [3.8, 4) is 11.3 Å². The van der Waals surface area contributed by atoms with Crippen molar-refractivity contribution in [2.24, 2.45) is 0 Å². The van der Waals surface area contributed by atoms with Crippen molar-refractivity contribution in [1.82, 2.24) is 4.98 Å². The lowest BCUT2D eigenvalue weighted by Gasteiger charge is -2.15. The molecule has 0 radical (unpaired) electrons. The quantitative estimate of drug-likeness (QED) is 0.942. The van der Waals surface area contributed by atoms with Gasteiger partial charge in [0.15, 0.2) is 0 Å². The van der Waals surface area contributed by atoms with E-state index in [4.69, 9.17) is 14.8 Å². The minimum Gasteiger partial charge on any atom is -0.478 e. The van der Waals surface area contributed by atoms with E-state index in [0.717, 1.165) is 29.1 Å². The lowest BCUT2D eigenvalue weighted by atomic mass is 9.90. The Balaban J connectivity index is 1.58. The molecule has 1 N–H and O–H groups in total. The summed E-state index contributed by atoms with van der Waals surface area (Å²) in [6, 6.07) is 6.88. The van der Waals surface area contributed by atoms with Crippen LogP contribution < -0.4 is 0 Å². The smallest absolute Gasteiger partial charge is 0.335 e. The number of carbonyl (C=O) groups is 1. The third kappa shape index (κ3) is 2.26. The minimum atomic E-state index is -0.903. The molecule has 2 bridgehead atoms. The Morgan fingerprint density at radius 1 is 1.29 bits per heavy atom. The third-order valence-corrected chi connectivity index (χ3v) is 5.35. The van der Waals surface area contributed by atoms with Gasteiger partial charge in [0.05, 0.1) is 28.5 Å². The highest BCUT2D eigenvalue weighted by Gasteiger charge is 2.42. The van der Waals surface area contributed by atoms with Crippen molar-refractivity contribution in [1.29, 1.82) is 0 Å². The van der Waals surface area contributed by atoms with E-state index in [1.165, 1.54) is 6.42 Å². The summed E-state index contributed by atoms with van der Waals surface area (Å²) < 4.78 is 5.90. The molecule has 0 aliphatic carbocycles. The Morgan fingerprint density at radius 3 is 2.71 bits per heavy atom. The number of thiazole rings is 1. The van der Waals surface area contributed by atoms with Gasteiger partial charge in [-0.1, -0.05) is 12.1 Å². The average Bonchev–Trinajstić information content (AvgIpc) is 3.23. The number of fused-ring (bicyclic) bond motifs is 2. The summed E-state index contributed by atoms with van der Waals surface area (Å²) in [4.78, 5) is 15.6. The Hall–Kier alpha value is -1.72. The summed E-state index contributed by atoms with van der Waals surface area (Å²) in [5, 5.41) is 12.1. The van der Waals surface area contributed by atoms with E-state index in [2.05, 4.69) is 5.38 Å². The van der Waals surface area contributed by atoms with Crippen LogP contribution in [0.25, 0.3) is 11.3 Å². The second kappa shape index (κ2) is 4.93. The molecule has 2 fully saturated rings. The molecule has 5 heteroatoms. The predicted molar refractivity (Wildman–Crippen MR) is 79.8 cm³/mol. The largest absolute Gasteiger partial charge is 0.478 e. The topological polar surface area (TPSA) is 59.4 Å². The van der Waals surface area contributed by atoms with E-state index < -0.39 is 5.97 Å². The van der Waals surface area contributed by atoms with Gasteiger partial charge < -0.3 is 9.84 Å². The van der Waals surface area contributed by atoms with Crippen LogP contribution in [0.15, 0.2) is 29.6 Å². The minimum absolute atomic E-state index is 0.302. The van der Waals surface area contributed by atoms with E-state index in [1.54, 1.807) is 23.5 Å². The Bertz CT molecular complexity index is 679. The molecule has 0 spiro atoms.